The maximum atomic E-state index is 12.1. The number of hydrogen-bond donors (Lipinski definition) is 1. The summed E-state index contributed by atoms with van der Waals surface area (Å²) in [4.78, 5) is 12.1. The maximum Gasteiger partial charge on any atom is 0.251 e. The van der Waals surface area contributed by atoms with E-state index in [0.29, 0.717) is 22.0 Å². The van der Waals surface area contributed by atoms with Gasteiger partial charge >= 0.3 is 0 Å². The van der Waals surface area contributed by atoms with Gasteiger partial charge in [0.25, 0.3) is 5.91 Å². The fraction of sp³-hybridized carbons (Fsp3) is 0.417. The van der Waals surface area contributed by atoms with Gasteiger partial charge in [-0.1, -0.05) is 31.9 Å². The normalized spacial score (nSPS) is 11.2. The predicted molar refractivity (Wildman–Crippen MR) is 84.2 cm³/mol. The molecule has 1 rings (SSSR count). The molecule has 0 saturated carbocycles. The van der Waals surface area contributed by atoms with Crippen molar-refractivity contribution >= 4 is 53.7 Å². The second-order valence-electron chi connectivity index (χ2n) is 4.13. The number of ether oxygens (including phenoxy) is 1. The summed E-state index contributed by atoms with van der Waals surface area (Å²) in [7, 11) is 1.59. The minimum absolute atomic E-state index is 0.111. The Kier molecular flexibility index (Phi) is 6.14. The molecule has 0 radical (unpaired) electrons. The number of rotatable bonds is 5. The number of benzene rings is 1. The predicted octanol–water partition coefficient (Wildman–Crippen LogP) is 3.74. The van der Waals surface area contributed by atoms with Crippen molar-refractivity contribution in [2.75, 3.05) is 17.8 Å². The van der Waals surface area contributed by atoms with Crippen molar-refractivity contribution < 1.29 is 9.53 Å². The van der Waals surface area contributed by atoms with Gasteiger partial charge in [0, 0.05) is 16.2 Å². The highest BCUT2D eigenvalue weighted by molar-refractivity contribution is 9.10. The molecule has 0 saturated heterocycles. The molecule has 100 valence electrons. The molecule has 0 aromatic heterocycles. The van der Waals surface area contributed by atoms with E-state index in [-0.39, 0.29) is 11.4 Å². The monoisotopic (exact) mass is 441 g/mol. The van der Waals surface area contributed by atoms with Crippen LogP contribution in [0.1, 0.15) is 17.3 Å². The van der Waals surface area contributed by atoms with Gasteiger partial charge in [0.2, 0.25) is 0 Å². The molecule has 1 N–H and O–H groups in total. The molecule has 0 atom stereocenters. The minimum Gasteiger partial charge on any atom is -0.496 e. The third-order valence-electron chi connectivity index (χ3n) is 2.42. The van der Waals surface area contributed by atoms with Crippen LogP contribution in [0.4, 0.5) is 0 Å². The number of alkyl halides is 2. The average Bonchev–Trinajstić information content (AvgIpc) is 2.38. The molecule has 0 unspecified atom stereocenters. The summed E-state index contributed by atoms with van der Waals surface area (Å²) in [6, 6.07) is 5.25. The van der Waals surface area contributed by atoms with E-state index in [1.807, 2.05) is 6.92 Å². The first-order chi connectivity index (χ1) is 8.45. The Bertz CT molecular complexity index is 433. The molecule has 1 aromatic carbocycles. The number of nitrogens with one attached hydrogen (secondary N) is 1. The first-order valence-electron chi connectivity index (χ1n) is 5.24. The Morgan fingerprint density at radius 1 is 1.39 bits per heavy atom. The Labute approximate surface area is 132 Å². The van der Waals surface area contributed by atoms with E-state index in [2.05, 4.69) is 53.1 Å². The number of halogens is 3. The molecule has 6 heteroatoms. The molecule has 0 aliphatic carbocycles. The quantitative estimate of drug-likeness (QED) is 0.704. The van der Waals surface area contributed by atoms with Gasteiger partial charge in [0.05, 0.1) is 17.1 Å². The topological polar surface area (TPSA) is 38.3 Å². The van der Waals surface area contributed by atoms with Crippen LogP contribution in [0.5, 0.6) is 5.75 Å². The molecular weight excluding hydrogens is 430 g/mol. The molecular formula is C12H14Br3NO2. The number of carbonyl (C=O) groups is 1. The molecule has 0 spiro atoms. The second kappa shape index (κ2) is 6.91. The zero-order valence-electron chi connectivity index (χ0n) is 10.1. The van der Waals surface area contributed by atoms with E-state index < -0.39 is 0 Å². The van der Waals surface area contributed by atoms with Crippen molar-refractivity contribution in [3.8, 4) is 5.75 Å². The highest BCUT2D eigenvalue weighted by atomic mass is 79.9. The van der Waals surface area contributed by atoms with Gasteiger partial charge in [-0.15, -0.1) is 0 Å². The molecule has 0 bridgehead atoms. The highest BCUT2D eigenvalue weighted by Crippen LogP contribution is 2.25. The van der Waals surface area contributed by atoms with E-state index in [9.17, 15) is 4.79 Å². The van der Waals surface area contributed by atoms with Crippen molar-refractivity contribution in [2.24, 2.45) is 0 Å². The first-order valence-corrected chi connectivity index (χ1v) is 8.27. The third kappa shape index (κ3) is 3.96. The molecule has 1 amide bonds. The Balaban J connectivity index is 2.88. The van der Waals surface area contributed by atoms with Gasteiger partial charge in [-0.25, -0.2) is 0 Å². The molecule has 1 aromatic rings. The largest absolute Gasteiger partial charge is 0.496 e. The fourth-order valence-electron chi connectivity index (χ4n) is 1.26. The zero-order valence-corrected chi connectivity index (χ0v) is 14.9. The zero-order chi connectivity index (χ0) is 13.8. The van der Waals surface area contributed by atoms with Gasteiger partial charge in [0.1, 0.15) is 5.75 Å². The average molecular weight is 444 g/mol. The number of carbonyl (C=O) groups excluding carboxylic acids is 1. The number of hydrogen-bond acceptors (Lipinski definition) is 2. The Morgan fingerprint density at radius 3 is 2.44 bits per heavy atom. The van der Waals surface area contributed by atoms with E-state index in [0.717, 1.165) is 4.47 Å². The summed E-state index contributed by atoms with van der Waals surface area (Å²) in [5.74, 6) is 0.593. The molecule has 3 nitrogen and oxygen atoms in total. The fourth-order valence-corrected chi connectivity index (χ4v) is 3.01. The van der Waals surface area contributed by atoms with Gasteiger partial charge in [-0.3, -0.25) is 4.79 Å². The van der Waals surface area contributed by atoms with E-state index in [4.69, 9.17) is 4.74 Å². The Hall–Kier alpha value is -0.0700. The van der Waals surface area contributed by atoms with Crippen LogP contribution in [0.3, 0.4) is 0 Å². The SMILES string of the molecule is COc1ccc(C(=O)NC(C)(CBr)CBr)cc1Br. The molecule has 0 fully saturated rings. The van der Waals surface area contributed by atoms with Gasteiger partial charge in [-0.05, 0) is 41.1 Å². The van der Waals surface area contributed by atoms with E-state index in [1.165, 1.54) is 0 Å². The second-order valence-corrected chi connectivity index (χ2v) is 6.11. The lowest BCUT2D eigenvalue weighted by atomic mass is 10.1. The van der Waals surface area contributed by atoms with Crippen LogP contribution in [0.15, 0.2) is 22.7 Å². The molecule has 0 aliphatic rings. The summed E-state index contributed by atoms with van der Waals surface area (Å²) >= 11 is 10.2. The van der Waals surface area contributed by atoms with Gasteiger partial charge < -0.3 is 10.1 Å². The first kappa shape index (κ1) is 16.0. The maximum absolute atomic E-state index is 12.1. The van der Waals surface area contributed by atoms with Gasteiger partial charge in [0.15, 0.2) is 0 Å². The highest BCUT2D eigenvalue weighted by Gasteiger charge is 2.24. The molecule has 18 heavy (non-hydrogen) atoms. The summed E-state index contributed by atoms with van der Waals surface area (Å²) in [6.07, 6.45) is 0. The van der Waals surface area contributed by atoms with Crippen LogP contribution < -0.4 is 10.1 Å². The lowest BCUT2D eigenvalue weighted by Gasteiger charge is -2.26. The van der Waals surface area contributed by atoms with Crippen molar-refractivity contribution in [1.29, 1.82) is 0 Å². The van der Waals surface area contributed by atoms with Gasteiger partial charge in [-0.2, -0.15) is 0 Å². The standard InChI is InChI=1S/C12H14Br3NO2/c1-12(6-13,7-14)16-11(17)8-3-4-10(18-2)9(15)5-8/h3-5H,6-7H2,1-2H3,(H,16,17). The lowest BCUT2D eigenvalue weighted by molar-refractivity contribution is 0.0923. The number of methoxy groups -OCH3 is 1. The minimum atomic E-state index is -0.316. The van der Waals surface area contributed by atoms with Crippen molar-refractivity contribution in [3.05, 3.63) is 28.2 Å². The van der Waals surface area contributed by atoms with Crippen LogP contribution in [0.2, 0.25) is 0 Å². The molecule has 0 aliphatic heterocycles. The van der Waals surface area contributed by atoms with Crippen LogP contribution in [0, 0.1) is 0 Å². The van der Waals surface area contributed by atoms with Crippen molar-refractivity contribution in [1.82, 2.24) is 5.32 Å². The summed E-state index contributed by atoms with van der Waals surface area (Å²) in [5.41, 5.74) is 0.277. The summed E-state index contributed by atoms with van der Waals surface area (Å²) in [5, 5.41) is 4.33. The molecule has 0 heterocycles. The van der Waals surface area contributed by atoms with E-state index >= 15 is 0 Å². The summed E-state index contributed by atoms with van der Waals surface area (Å²) < 4.78 is 5.89. The van der Waals surface area contributed by atoms with Crippen LogP contribution >= 0.6 is 47.8 Å². The third-order valence-corrected chi connectivity index (χ3v) is 5.51. The Morgan fingerprint density at radius 2 is 2.00 bits per heavy atom. The van der Waals surface area contributed by atoms with Crippen LogP contribution in [0.25, 0.3) is 0 Å². The van der Waals surface area contributed by atoms with Crippen LogP contribution in [-0.2, 0) is 0 Å². The van der Waals surface area contributed by atoms with Crippen molar-refractivity contribution in [3.63, 3.8) is 0 Å². The van der Waals surface area contributed by atoms with Crippen LogP contribution in [-0.4, -0.2) is 29.2 Å². The summed E-state index contributed by atoms with van der Waals surface area (Å²) in [6.45, 7) is 1.97. The number of amides is 1. The van der Waals surface area contributed by atoms with E-state index in [1.54, 1.807) is 25.3 Å². The smallest absolute Gasteiger partial charge is 0.251 e. The lowest BCUT2D eigenvalue weighted by Crippen LogP contribution is -2.48. The van der Waals surface area contributed by atoms with Crippen molar-refractivity contribution in [2.45, 2.75) is 12.5 Å².